The Labute approximate surface area is 148 Å². The molecule has 0 unspecified atom stereocenters. The number of carbonyl (C=O) groups is 1. The van der Waals surface area contributed by atoms with Gasteiger partial charge in [-0.25, -0.2) is 18.9 Å². The van der Waals surface area contributed by atoms with Crippen LogP contribution in [0.15, 0.2) is 24.4 Å². The van der Waals surface area contributed by atoms with Gasteiger partial charge in [-0.15, -0.1) is 5.10 Å². The second-order valence-electron chi connectivity index (χ2n) is 6.98. The normalized spacial score (nSPS) is 32.6. The molecule has 5 rings (SSSR count). The van der Waals surface area contributed by atoms with Gasteiger partial charge < -0.3 is 9.84 Å². The summed E-state index contributed by atoms with van der Waals surface area (Å²) < 4.78 is 21.5. The van der Waals surface area contributed by atoms with Crippen molar-refractivity contribution in [3.63, 3.8) is 0 Å². The molecular weight excluding hydrogens is 349 g/mol. The summed E-state index contributed by atoms with van der Waals surface area (Å²) in [6, 6.07) is 4.58. The van der Waals surface area contributed by atoms with E-state index in [1.807, 2.05) is 13.8 Å². The Kier molecular flexibility index (Phi) is 3.38. The van der Waals surface area contributed by atoms with E-state index in [9.17, 15) is 9.18 Å². The molecule has 1 N–H and O–H groups in total. The number of carboxylic acids is 1. The number of halogens is 2. The Bertz CT molecular complexity index is 859. The Morgan fingerprint density at radius 1 is 1.44 bits per heavy atom. The number of alkyl halides is 1. The predicted octanol–water partition coefficient (Wildman–Crippen LogP) is 3.38. The van der Waals surface area contributed by atoms with Crippen molar-refractivity contribution in [2.45, 2.75) is 25.9 Å². The molecule has 25 heavy (non-hydrogen) atoms. The van der Waals surface area contributed by atoms with Crippen molar-refractivity contribution < 1.29 is 19.0 Å². The van der Waals surface area contributed by atoms with Crippen molar-refractivity contribution in [1.82, 2.24) is 14.8 Å². The van der Waals surface area contributed by atoms with Gasteiger partial charge >= 0.3 is 5.97 Å². The number of nitrogens with zero attached hydrogens (tertiary/aromatic N) is 3. The molecule has 0 aromatic carbocycles. The first kappa shape index (κ1) is 16.3. The number of rotatable bonds is 5. The van der Waals surface area contributed by atoms with Gasteiger partial charge in [0.25, 0.3) is 0 Å². The number of carboxylic acid groups (broad SMARTS) is 1. The summed E-state index contributed by atoms with van der Waals surface area (Å²) in [6.45, 7) is 4.30. The molecule has 2 aromatic rings. The third-order valence-electron chi connectivity index (χ3n) is 6.12. The van der Waals surface area contributed by atoms with Crippen LogP contribution in [0, 0.1) is 17.3 Å². The van der Waals surface area contributed by atoms with Gasteiger partial charge in [-0.3, -0.25) is 0 Å². The maximum atomic E-state index is 14.2. The van der Waals surface area contributed by atoms with E-state index in [2.05, 4.69) is 10.1 Å². The predicted molar refractivity (Wildman–Crippen MR) is 88.0 cm³/mol. The summed E-state index contributed by atoms with van der Waals surface area (Å²) in [5, 5.41) is 13.1. The molecule has 0 saturated heterocycles. The van der Waals surface area contributed by atoms with E-state index >= 15 is 0 Å². The lowest BCUT2D eigenvalue weighted by atomic mass is 9.31. The second-order valence-corrected chi connectivity index (χ2v) is 7.34. The number of aromatic carboxylic acids is 1. The Hall–Kier alpha value is -2.15. The summed E-state index contributed by atoms with van der Waals surface area (Å²) in [7, 11) is 0. The molecule has 0 aliphatic heterocycles. The summed E-state index contributed by atoms with van der Waals surface area (Å²) in [5.41, 5.74) is -1.18. The van der Waals surface area contributed by atoms with E-state index in [4.69, 9.17) is 21.4 Å². The van der Waals surface area contributed by atoms with Crippen molar-refractivity contribution in [1.29, 1.82) is 0 Å². The third-order valence-corrected chi connectivity index (χ3v) is 6.41. The summed E-state index contributed by atoms with van der Waals surface area (Å²) >= 11 is 5.88. The molecule has 8 heteroatoms. The highest BCUT2D eigenvalue weighted by Crippen LogP contribution is 2.76. The lowest BCUT2D eigenvalue weighted by Crippen LogP contribution is -2.80. The van der Waals surface area contributed by atoms with Crippen molar-refractivity contribution in [2.24, 2.45) is 17.3 Å². The monoisotopic (exact) mass is 365 g/mol. The molecule has 0 amide bonds. The molecule has 3 aliphatic carbocycles. The fourth-order valence-electron chi connectivity index (χ4n) is 4.20. The van der Waals surface area contributed by atoms with Crippen molar-refractivity contribution in [3.8, 4) is 11.7 Å². The largest absolute Gasteiger partial charge is 0.478 e. The smallest absolute Gasteiger partial charge is 0.338 e. The van der Waals surface area contributed by atoms with Gasteiger partial charge in [0.15, 0.2) is 5.82 Å². The van der Waals surface area contributed by atoms with Gasteiger partial charge in [-0.05, 0) is 30.4 Å². The summed E-state index contributed by atoms with van der Waals surface area (Å²) in [4.78, 5) is 15.0. The van der Waals surface area contributed by atoms with E-state index < -0.39 is 11.6 Å². The van der Waals surface area contributed by atoms with Crippen LogP contribution < -0.4 is 4.74 Å². The number of ether oxygens (including phenoxy) is 1. The maximum Gasteiger partial charge on any atom is 0.338 e. The first-order valence-electron chi connectivity index (χ1n) is 8.05. The van der Waals surface area contributed by atoms with Gasteiger partial charge in [0.2, 0.25) is 5.88 Å². The van der Waals surface area contributed by atoms with Crippen LogP contribution in [0.4, 0.5) is 4.39 Å². The van der Waals surface area contributed by atoms with Crippen LogP contribution in [0.2, 0.25) is 5.15 Å². The molecule has 132 valence electrons. The van der Waals surface area contributed by atoms with Crippen molar-refractivity contribution in [2.75, 3.05) is 6.61 Å². The molecule has 0 spiro atoms. The van der Waals surface area contributed by atoms with Gasteiger partial charge in [0.1, 0.15) is 10.8 Å². The fourth-order valence-corrected chi connectivity index (χ4v) is 4.43. The third kappa shape index (κ3) is 2.11. The molecule has 3 fully saturated rings. The zero-order valence-corrected chi connectivity index (χ0v) is 14.5. The van der Waals surface area contributed by atoms with E-state index in [1.54, 1.807) is 12.3 Å². The van der Waals surface area contributed by atoms with E-state index in [1.165, 1.54) is 16.8 Å². The molecule has 2 heterocycles. The zero-order chi connectivity index (χ0) is 18.0. The van der Waals surface area contributed by atoms with E-state index in [-0.39, 0.29) is 28.0 Å². The molecule has 6 nitrogen and oxygen atoms in total. The van der Waals surface area contributed by atoms with Gasteiger partial charge in [0, 0.05) is 17.7 Å². The van der Waals surface area contributed by atoms with Crippen LogP contribution in [-0.2, 0) is 0 Å². The van der Waals surface area contributed by atoms with Gasteiger partial charge in [0.05, 0.1) is 12.2 Å². The first-order chi connectivity index (χ1) is 11.8. The molecule has 3 saturated carbocycles. The SMILES string of the molecule is C[C@@H]1C2(F)CC1(COc1ccn(-c3ccc(C(=O)O)c(Cl)n3)n1)[C@@H]2C. The second kappa shape index (κ2) is 5.17. The molecular formula is C17H17ClFN3O3. The minimum Gasteiger partial charge on any atom is -0.478 e. The molecule has 0 radical (unpaired) electrons. The lowest BCUT2D eigenvalue weighted by Gasteiger charge is -2.75. The number of hydrogen-bond acceptors (Lipinski definition) is 4. The maximum absolute atomic E-state index is 14.2. The van der Waals surface area contributed by atoms with Crippen LogP contribution >= 0.6 is 11.6 Å². The van der Waals surface area contributed by atoms with E-state index in [0.717, 1.165) is 0 Å². The van der Waals surface area contributed by atoms with Crippen molar-refractivity contribution >= 4 is 17.6 Å². The Balaban J connectivity index is 1.46. The Morgan fingerprint density at radius 3 is 2.76 bits per heavy atom. The van der Waals surface area contributed by atoms with E-state index in [0.29, 0.717) is 24.7 Å². The molecule has 2 bridgehead atoms. The molecule has 2 aromatic heterocycles. The zero-order valence-electron chi connectivity index (χ0n) is 13.7. The molecule has 2 atom stereocenters. The van der Waals surface area contributed by atoms with Crippen LogP contribution in [0.1, 0.15) is 30.6 Å². The standard InChI is InChI=1S/C17H17ClFN3O3/c1-9-16(7-17(9,19)10(16)2)8-25-13-5-6-22(21-13)12-4-3-11(15(23)24)14(18)20-12/h3-6,9-10H,7-8H2,1-2H3,(H,23,24)/t9-,10-,16?,17?/m0/s1. The van der Waals surface area contributed by atoms with Gasteiger partial charge in [-0.2, -0.15) is 0 Å². The van der Waals surface area contributed by atoms with Crippen LogP contribution in [0.5, 0.6) is 5.88 Å². The minimum absolute atomic E-state index is 0.0149. The lowest BCUT2D eigenvalue weighted by molar-refractivity contribution is -0.337. The first-order valence-corrected chi connectivity index (χ1v) is 8.43. The van der Waals surface area contributed by atoms with Crippen LogP contribution in [0.25, 0.3) is 5.82 Å². The fraction of sp³-hybridized carbons (Fsp3) is 0.471. The highest BCUT2D eigenvalue weighted by molar-refractivity contribution is 6.32. The average molecular weight is 366 g/mol. The quantitative estimate of drug-likeness (QED) is 0.822. The van der Waals surface area contributed by atoms with Crippen molar-refractivity contribution in [3.05, 3.63) is 35.1 Å². The van der Waals surface area contributed by atoms with Gasteiger partial charge in [-0.1, -0.05) is 25.4 Å². The highest BCUT2D eigenvalue weighted by atomic mass is 35.5. The van der Waals surface area contributed by atoms with Crippen LogP contribution in [0.3, 0.4) is 0 Å². The number of aromatic nitrogens is 3. The number of hydrogen-bond donors (Lipinski definition) is 1. The Morgan fingerprint density at radius 2 is 2.16 bits per heavy atom. The van der Waals surface area contributed by atoms with Crippen LogP contribution in [-0.4, -0.2) is 38.1 Å². The highest BCUT2D eigenvalue weighted by Gasteiger charge is 2.80. The average Bonchev–Trinajstić information content (AvgIpc) is 3.06. The minimum atomic E-state index is -1.14. The number of pyridine rings is 1. The summed E-state index contributed by atoms with van der Waals surface area (Å²) in [6.07, 6.45) is 2.21. The molecule has 3 aliphatic rings. The summed E-state index contributed by atoms with van der Waals surface area (Å²) in [5.74, 6) is -0.305. The topological polar surface area (TPSA) is 77.2 Å².